The highest BCUT2D eigenvalue weighted by Gasteiger charge is 2.21. The predicted molar refractivity (Wildman–Crippen MR) is 109 cm³/mol. The van der Waals surface area contributed by atoms with E-state index in [0.717, 1.165) is 39.0 Å². The summed E-state index contributed by atoms with van der Waals surface area (Å²) >= 11 is 0. The third-order valence-corrected chi connectivity index (χ3v) is 5.51. The Morgan fingerprint density at radius 3 is 2.64 bits per heavy atom. The minimum absolute atomic E-state index is 0.122. The zero-order valence-electron chi connectivity index (χ0n) is 16.0. The fraction of sp³-hybridized carbons (Fsp3) is 0.381. The van der Waals surface area contributed by atoms with Crippen LogP contribution in [0.25, 0.3) is 10.9 Å². The summed E-state index contributed by atoms with van der Waals surface area (Å²) in [4.78, 5) is 21.4. The number of para-hydroxylation sites is 1. The number of aromatic carboxylic acids is 1. The molecule has 7 nitrogen and oxygen atoms in total. The number of carboxylic acid groups (broad SMARTS) is 1. The highest BCUT2D eigenvalue weighted by Crippen LogP contribution is 2.22. The lowest BCUT2D eigenvalue weighted by atomic mass is 9.97. The van der Waals surface area contributed by atoms with Gasteiger partial charge in [-0.1, -0.05) is 18.2 Å². The first-order chi connectivity index (χ1) is 13.6. The van der Waals surface area contributed by atoms with Gasteiger partial charge in [0.25, 0.3) is 0 Å². The van der Waals surface area contributed by atoms with E-state index in [4.69, 9.17) is 5.11 Å². The number of aromatic nitrogens is 3. The topological polar surface area (TPSA) is 83.3 Å². The SMILES string of the molecule is Cn1cc(CNCC2CCN(c3ncc(C(=O)O)cn3)CC2)c2ccccc21. The second kappa shape index (κ2) is 7.98. The summed E-state index contributed by atoms with van der Waals surface area (Å²) in [6.45, 7) is 3.66. The van der Waals surface area contributed by atoms with Crippen molar-refractivity contribution >= 4 is 22.8 Å². The number of nitrogens with zero attached hydrogens (tertiary/aromatic N) is 4. The molecule has 3 aromatic rings. The maximum absolute atomic E-state index is 10.9. The number of hydrogen-bond donors (Lipinski definition) is 2. The number of nitrogens with one attached hydrogen (secondary N) is 1. The first kappa shape index (κ1) is 18.4. The first-order valence-electron chi connectivity index (χ1n) is 9.66. The molecule has 0 atom stereocenters. The van der Waals surface area contributed by atoms with E-state index < -0.39 is 5.97 Å². The van der Waals surface area contributed by atoms with Gasteiger partial charge >= 0.3 is 5.97 Å². The average molecular weight is 379 g/mol. The predicted octanol–water partition coefficient (Wildman–Crippen LogP) is 2.67. The molecule has 0 spiro atoms. The smallest absolute Gasteiger partial charge is 0.338 e. The van der Waals surface area contributed by atoms with E-state index in [-0.39, 0.29) is 5.56 Å². The minimum atomic E-state index is -0.998. The molecule has 28 heavy (non-hydrogen) atoms. The largest absolute Gasteiger partial charge is 0.478 e. The van der Waals surface area contributed by atoms with Gasteiger partial charge in [0.05, 0.1) is 5.56 Å². The lowest BCUT2D eigenvalue weighted by Gasteiger charge is -2.32. The molecular weight excluding hydrogens is 354 g/mol. The molecule has 1 aliphatic heterocycles. The fourth-order valence-corrected chi connectivity index (χ4v) is 3.91. The summed E-state index contributed by atoms with van der Waals surface area (Å²) in [6.07, 6.45) is 7.11. The van der Waals surface area contributed by atoms with Crippen LogP contribution >= 0.6 is 0 Å². The second-order valence-corrected chi connectivity index (χ2v) is 7.42. The van der Waals surface area contributed by atoms with Crippen molar-refractivity contribution in [3.8, 4) is 0 Å². The number of anilines is 1. The van der Waals surface area contributed by atoms with Crippen LogP contribution in [0.5, 0.6) is 0 Å². The monoisotopic (exact) mass is 379 g/mol. The molecule has 0 aliphatic carbocycles. The molecule has 1 aromatic carbocycles. The molecule has 0 bridgehead atoms. The van der Waals surface area contributed by atoms with Crippen molar-refractivity contribution in [3.63, 3.8) is 0 Å². The van der Waals surface area contributed by atoms with Crippen molar-refractivity contribution in [2.75, 3.05) is 24.5 Å². The molecule has 1 fully saturated rings. The summed E-state index contributed by atoms with van der Waals surface area (Å²) in [7, 11) is 2.09. The molecule has 0 saturated carbocycles. The molecule has 2 N–H and O–H groups in total. The number of piperidine rings is 1. The van der Waals surface area contributed by atoms with Gasteiger partial charge in [-0.2, -0.15) is 0 Å². The normalized spacial score (nSPS) is 15.2. The minimum Gasteiger partial charge on any atom is -0.478 e. The number of carbonyl (C=O) groups is 1. The van der Waals surface area contributed by atoms with Crippen LogP contribution < -0.4 is 10.2 Å². The molecular formula is C21H25N5O2. The highest BCUT2D eigenvalue weighted by atomic mass is 16.4. The van der Waals surface area contributed by atoms with Crippen molar-refractivity contribution in [2.24, 2.45) is 13.0 Å². The van der Waals surface area contributed by atoms with Gasteiger partial charge in [-0.15, -0.1) is 0 Å². The van der Waals surface area contributed by atoms with Crippen LogP contribution in [0.1, 0.15) is 28.8 Å². The summed E-state index contributed by atoms with van der Waals surface area (Å²) in [6, 6.07) is 8.50. The zero-order valence-corrected chi connectivity index (χ0v) is 16.0. The molecule has 2 aromatic heterocycles. The summed E-state index contributed by atoms with van der Waals surface area (Å²) in [5.74, 6) is 0.249. The molecule has 0 unspecified atom stereocenters. The Kier molecular flexibility index (Phi) is 5.25. The number of rotatable bonds is 6. The van der Waals surface area contributed by atoms with Crippen LogP contribution in [0.4, 0.5) is 5.95 Å². The van der Waals surface area contributed by atoms with Gasteiger partial charge in [-0.05, 0) is 36.9 Å². The van der Waals surface area contributed by atoms with E-state index in [9.17, 15) is 4.79 Å². The quantitative estimate of drug-likeness (QED) is 0.685. The zero-order chi connectivity index (χ0) is 19.5. The maximum Gasteiger partial charge on any atom is 0.338 e. The Morgan fingerprint density at radius 2 is 1.93 bits per heavy atom. The number of aryl methyl sites for hydroxylation is 1. The van der Waals surface area contributed by atoms with Gasteiger partial charge in [-0.3, -0.25) is 0 Å². The summed E-state index contributed by atoms with van der Waals surface area (Å²) in [5.41, 5.74) is 2.72. The van der Waals surface area contributed by atoms with E-state index in [1.807, 2.05) is 0 Å². The molecule has 0 amide bonds. The van der Waals surface area contributed by atoms with Crippen molar-refractivity contribution in [1.82, 2.24) is 19.9 Å². The molecule has 1 saturated heterocycles. The van der Waals surface area contributed by atoms with Crippen molar-refractivity contribution in [3.05, 3.63) is 54.0 Å². The third kappa shape index (κ3) is 3.84. The molecule has 146 valence electrons. The lowest BCUT2D eigenvalue weighted by molar-refractivity contribution is 0.0696. The van der Waals surface area contributed by atoms with Crippen LogP contribution in [-0.2, 0) is 13.6 Å². The van der Waals surface area contributed by atoms with Crippen molar-refractivity contribution in [2.45, 2.75) is 19.4 Å². The fourth-order valence-electron chi connectivity index (χ4n) is 3.91. The Morgan fingerprint density at radius 1 is 1.21 bits per heavy atom. The number of hydrogen-bond acceptors (Lipinski definition) is 5. The molecule has 4 rings (SSSR count). The van der Waals surface area contributed by atoms with E-state index in [1.54, 1.807) is 0 Å². The maximum atomic E-state index is 10.9. The lowest BCUT2D eigenvalue weighted by Crippen LogP contribution is -2.38. The average Bonchev–Trinajstić information content (AvgIpc) is 3.05. The van der Waals surface area contributed by atoms with Crippen LogP contribution in [0.15, 0.2) is 42.9 Å². The van der Waals surface area contributed by atoms with Gasteiger partial charge < -0.3 is 19.9 Å². The van der Waals surface area contributed by atoms with Crippen LogP contribution in [0, 0.1) is 5.92 Å². The Balaban J connectivity index is 1.27. The molecule has 3 heterocycles. The number of carboxylic acids is 1. The van der Waals surface area contributed by atoms with Crippen LogP contribution in [-0.4, -0.2) is 45.2 Å². The summed E-state index contributed by atoms with van der Waals surface area (Å²) in [5, 5.41) is 13.9. The van der Waals surface area contributed by atoms with Gasteiger partial charge in [0.2, 0.25) is 5.95 Å². The van der Waals surface area contributed by atoms with Crippen molar-refractivity contribution < 1.29 is 9.90 Å². The number of fused-ring (bicyclic) bond motifs is 1. The first-order valence-corrected chi connectivity index (χ1v) is 9.66. The number of benzene rings is 1. The van der Waals surface area contributed by atoms with Crippen LogP contribution in [0.3, 0.4) is 0 Å². The van der Waals surface area contributed by atoms with Gasteiger partial charge in [0, 0.05) is 56.2 Å². The van der Waals surface area contributed by atoms with Gasteiger partial charge in [0.15, 0.2) is 0 Å². The Labute approximate surface area is 164 Å². The van der Waals surface area contributed by atoms with E-state index in [0.29, 0.717) is 11.9 Å². The molecule has 0 radical (unpaired) electrons. The van der Waals surface area contributed by atoms with Crippen LogP contribution in [0.2, 0.25) is 0 Å². The van der Waals surface area contributed by atoms with Gasteiger partial charge in [-0.25, -0.2) is 14.8 Å². The second-order valence-electron chi connectivity index (χ2n) is 7.42. The Hall–Kier alpha value is -2.93. The van der Waals surface area contributed by atoms with E-state index in [2.05, 4.69) is 62.3 Å². The van der Waals surface area contributed by atoms with E-state index >= 15 is 0 Å². The molecule has 7 heteroatoms. The highest BCUT2D eigenvalue weighted by molar-refractivity contribution is 5.86. The third-order valence-electron chi connectivity index (χ3n) is 5.51. The molecule has 1 aliphatic rings. The summed E-state index contributed by atoms with van der Waals surface area (Å²) < 4.78 is 2.18. The standard InChI is InChI=1S/C21H25N5O2/c1-25-14-17(18-4-2-3-5-19(18)25)11-22-10-15-6-8-26(9-7-15)21-23-12-16(13-24-21)20(27)28/h2-5,12-15,22H,6-11H2,1H3,(H,27,28). The van der Waals surface area contributed by atoms with Gasteiger partial charge in [0.1, 0.15) is 0 Å². The van der Waals surface area contributed by atoms with Crippen molar-refractivity contribution in [1.29, 1.82) is 0 Å². The van der Waals surface area contributed by atoms with E-state index in [1.165, 1.54) is 28.9 Å². The Bertz CT molecular complexity index is 959.